The quantitative estimate of drug-likeness (QED) is 0.451. The molecule has 2 heterocycles. The van der Waals surface area contributed by atoms with Crippen molar-refractivity contribution in [3.63, 3.8) is 0 Å². The van der Waals surface area contributed by atoms with Crippen LogP contribution in [0.25, 0.3) is 22.8 Å². The maximum atomic E-state index is 10.8. The number of aliphatic hydroxyl groups is 1. The molecule has 9 nitrogen and oxygen atoms in total. The van der Waals surface area contributed by atoms with Crippen LogP contribution in [0.3, 0.4) is 0 Å². The molecule has 176 valence electrons. The summed E-state index contributed by atoms with van der Waals surface area (Å²) in [5.74, 6) is 1.81. The van der Waals surface area contributed by atoms with E-state index in [1.807, 2.05) is 19.1 Å². The summed E-state index contributed by atoms with van der Waals surface area (Å²) in [6, 6.07) is 9.07. The van der Waals surface area contributed by atoms with E-state index in [1.165, 1.54) is 7.11 Å². The second kappa shape index (κ2) is 10.9. The monoisotopic (exact) mass is 454 g/mol. The smallest absolute Gasteiger partial charge is 0.258 e. The number of rotatable bonds is 11. The van der Waals surface area contributed by atoms with E-state index in [9.17, 15) is 9.90 Å². The van der Waals surface area contributed by atoms with E-state index < -0.39 is 12.0 Å². The SMILES string of the molecule is COc1cc(OC[C@H](O)CCC(N)=O)ccc1-c1noc(-c2cc(C)nc(CC(C)C)c2)n1. The van der Waals surface area contributed by atoms with Crippen molar-refractivity contribution >= 4 is 5.91 Å². The molecule has 3 N–H and O–H groups in total. The molecule has 1 atom stereocenters. The molecular weight excluding hydrogens is 424 g/mol. The van der Waals surface area contributed by atoms with Gasteiger partial charge in [-0.05, 0) is 49.9 Å². The van der Waals surface area contributed by atoms with Gasteiger partial charge in [-0.25, -0.2) is 0 Å². The number of benzene rings is 1. The van der Waals surface area contributed by atoms with Crippen LogP contribution in [0.1, 0.15) is 38.1 Å². The van der Waals surface area contributed by atoms with Crippen LogP contribution in [0.4, 0.5) is 0 Å². The minimum absolute atomic E-state index is 0.0300. The van der Waals surface area contributed by atoms with Gasteiger partial charge in [-0.1, -0.05) is 19.0 Å². The molecule has 0 aliphatic heterocycles. The van der Waals surface area contributed by atoms with E-state index in [4.69, 9.17) is 19.7 Å². The Morgan fingerprint density at radius 3 is 2.70 bits per heavy atom. The highest BCUT2D eigenvalue weighted by atomic mass is 16.5. The van der Waals surface area contributed by atoms with Crippen LogP contribution in [0, 0.1) is 12.8 Å². The first kappa shape index (κ1) is 24.2. The number of pyridine rings is 1. The Balaban J connectivity index is 1.77. The van der Waals surface area contributed by atoms with Crippen molar-refractivity contribution in [2.45, 2.75) is 46.1 Å². The molecule has 33 heavy (non-hydrogen) atoms. The Kier molecular flexibility index (Phi) is 8.00. The molecule has 0 spiro atoms. The van der Waals surface area contributed by atoms with Crippen molar-refractivity contribution in [2.75, 3.05) is 13.7 Å². The van der Waals surface area contributed by atoms with Gasteiger partial charge in [-0.15, -0.1) is 0 Å². The predicted molar refractivity (Wildman–Crippen MR) is 123 cm³/mol. The first-order valence-corrected chi connectivity index (χ1v) is 10.8. The van der Waals surface area contributed by atoms with Crippen LogP contribution >= 0.6 is 0 Å². The number of ether oxygens (including phenoxy) is 2. The van der Waals surface area contributed by atoms with E-state index >= 15 is 0 Å². The normalized spacial score (nSPS) is 12.1. The summed E-state index contributed by atoms with van der Waals surface area (Å²) in [6.45, 7) is 6.27. The molecule has 0 aliphatic carbocycles. The van der Waals surface area contributed by atoms with Gasteiger partial charge in [0.05, 0.1) is 18.8 Å². The largest absolute Gasteiger partial charge is 0.496 e. The molecule has 0 radical (unpaired) electrons. The first-order valence-electron chi connectivity index (χ1n) is 10.8. The van der Waals surface area contributed by atoms with Crippen LogP contribution in [0.5, 0.6) is 11.5 Å². The van der Waals surface area contributed by atoms with Gasteiger partial charge in [0.25, 0.3) is 5.89 Å². The predicted octanol–water partition coefficient (Wildman–Crippen LogP) is 3.32. The lowest BCUT2D eigenvalue weighted by molar-refractivity contribution is -0.118. The number of carbonyl (C=O) groups excluding carboxylic acids is 1. The fourth-order valence-electron chi connectivity index (χ4n) is 3.36. The molecule has 0 unspecified atom stereocenters. The Morgan fingerprint density at radius 2 is 2.00 bits per heavy atom. The zero-order valence-electron chi connectivity index (χ0n) is 19.4. The minimum Gasteiger partial charge on any atom is -0.496 e. The number of aryl methyl sites for hydroxylation is 1. The maximum absolute atomic E-state index is 10.8. The number of amides is 1. The molecule has 3 rings (SSSR count). The molecule has 3 aromatic rings. The maximum Gasteiger partial charge on any atom is 0.258 e. The van der Waals surface area contributed by atoms with Crippen LogP contribution in [-0.4, -0.2) is 46.0 Å². The number of methoxy groups -OCH3 is 1. The van der Waals surface area contributed by atoms with E-state index in [0.29, 0.717) is 34.7 Å². The third kappa shape index (κ3) is 6.76. The Morgan fingerprint density at radius 1 is 1.21 bits per heavy atom. The zero-order valence-corrected chi connectivity index (χ0v) is 19.4. The van der Waals surface area contributed by atoms with E-state index in [2.05, 4.69) is 29.0 Å². The molecule has 9 heteroatoms. The first-order chi connectivity index (χ1) is 15.7. The van der Waals surface area contributed by atoms with Crippen LogP contribution in [0.2, 0.25) is 0 Å². The second-order valence-corrected chi connectivity index (χ2v) is 8.34. The fraction of sp³-hybridized carbons (Fsp3) is 0.417. The Hall–Kier alpha value is -3.46. The summed E-state index contributed by atoms with van der Waals surface area (Å²) in [6.07, 6.45) is 0.404. The van der Waals surface area contributed by atoms with Gasteiger partial charge in [-0.3, -0.25) is 9.78 Å². The van der Waals surface area contributed by atoms with Crippen LogP contribution < -0.4 is 15.2 Å². The van der Waals surface area contributed by atoms with Crippen molar-refractivity contribution < 1.29 is 23.9 Å². The topological polar surface area (TPSA) is 134 Å². The Bertz CT molecular complexity index is 1100. The lowest BCUT2D eigenvalue weighted by Crippen LogP contribution is -2.21. The van der Waals surface area contributed by atoms with E-state index in [-0.39, 0.29) is 19.4 Å². The summed E-state index contributed by atoms with van der Waals surface area (Å²) in [4.78, 5) is 20.0. The van der Waals surface area contributed by atoms with Gasteiger partial charge in [0.2, 0.25) is 11.7 Å². The lowest BCUT2D eigenvalue weighted by atomic mass is 10.1. The Labute approximate surface area is 192 Å². The second-order valence-electron chi connectivity index (χ2n) is 8.34. The molecule has 0 aliphatic rings. The average molecular weight is 455 g/mol. The minimum atomic E-state index is -0.799. The molecule has 0 saturated heterocycles. The van der Waals surface area contributed by atoms with Crippen molar-refractivity contribution in [1.82, 2.24) is 15.1 Å². The summed E-state index contributed by atoms with van der Waals surface area (Å²) in [7, 11) is 1.54. The number of hydrogen-bond donors (Lipinski definition) is 2. The van der Waals surface area contributed by atoms with Crippen molar-refractivity contribution in [1.29, 1.82) is 0 Å². The number of aliphatic hydroxyl groups excluding tert-OH is 1. The third-order valence-corrected chi connectivity index (χ3v) is 4.88. The number of nitrogens with zero attached hydrogens (tertiary/aromatic N) is 3. The highest BCUT2D eigenvalue weighted by Gasteiger charge is 2.17. The lowest BCUT2D eigenvalue weighted by Gasteiger charge is -2.13. The number of primary amides is 1. The van der Waals surface area contributed by atoms with Gasteiger partial charge in [0.15, 0.2) is 0 Å². The molecule has 0 saturated carbocycles. The summed E-state index contributed by atoms with van der Waals surface area (Å²) < 4.78 is 16.6. The third-order valence-electron chi connectivity index (χ3n) is 4.88. The van der Waals surface area contributed by atoms with Gasteiger partial charge in [-0.2, -0.15) is 4.98 Å². The van der Waals surface area contributed by atoms with Gasteiger partial charge >= 0.3 is 0 Å². The molecule has 0 bridgehead atoms. The fourth-order valence-corrected chi connectivity index (χ4v) is 3.36. The van der Waals surface area contributed by atoms with Crippen LogP contribution in [0.15, 0.2) is 34.9 Å². The van der Waals surface area contributed by atoms with E-state index in [1.54, 1.807) is 18.2 Å². The summed E-state index contributed by atoms with van der Waals surface area (Å²) >= 11 is 0. The molecule has 1 amide bonds. The number of hydrogen-bond acceptors (Lipinski definition) is 8. The van der Waals surface area contributed by atoms with Crippen molar-refractivity contribution in [3.05, 3.63) is 41.7 Å². The number of aromatic nitrogens is 3. The zero-order chi connectivity index (χ0) is 24.0. The molecular formula is C24H30N4O5. The van der Waals surface area contributed by atoms with Crippen molar-refractivity contribution in [3.8, 4) is 34.3 Å². The van der Waals surface area contributed by atoms with Gasteiger partial charge < -0.3 is 24.8 Å². The summed E-state index contributed by atoms with van der Waals surface area (Å²) in [5, 5.41) is 14.0. The highest BCUT2D eigenvalue weighted by molar-refractivity contribution is 5.73. The standard InChI is InChI=1S/C24H30N4O5/c1-14(2)9-17-11-16(10-15(3)26-17)24-27-23(28-33-24)20-7-6-19(12-21(20)31-4)32-13-18(29)5-8-22(25)30/h6-7,10-12,14,18,29H,5,8-9,13H2,1-4H3,(H2,25,30)/t18-/m1/s1. The van der Waals surface area contributed by atoms with Gasteiger partial charge in [0, 0.05) is 29.4 Å². The molecule has 2 aromatic heterocycles. The van der Waals surface area contributed by atoms with Crippen LogP contribution in [-0.2, 0) is 11.2 Å². The molecule has 1 aromatic carbocycles. The molecule has 0 fully saturated rings. The van der Waals surface area contributed by atoms with Gasteiger partial charge in [0.1, 0.15) is 18.1 Å². The summed E-state index contributed by atoms with van der Waals surface area (Å²) in [5.41, 5.74) is 8.43. The van der Waals surface area contributed by atoms with Crippen molar-refractivity contribution in [2.24, 2.45) is 11.7 Å². The van der Waals surface area contributed by atoms with E-state index in [0.717, 1.165) is 23.4 Å². The highest BCUT2D eigenvalue weighted by Crippen LogP contribution is 2.33. The number of carbonyl (C=O) groups is 1. The number of nitrogens with two attached hydrogens (primary N) is 1. The average Bonchev–Trinajstić information content (AvgIpc) is 3.25.